The number of aromatic nitrogens is 1. The van der Waals surface area contributed by atoms with Gasteiger partial charge in [0.25, 0.3) is 0 Å². The second kappa shape index (κ2) is 10.6. The van der Waals surface area contributed by atoms with Crippen LogP contribution in [-0.4, -0.2) is 11.6 Å². The summed E-state index contributed by atoms with van der Waals surface area (Å²) in [6.07, 6.45) is 7.60. The van der Waals surface area contributed by atoms with Crippen molar-refractivity contribution in [2.45, 2.75) is 45.4 Å². The van der Waals surface area contributed by atoms with Gasteiger partial charge in [0.05, 0.1) is 6.61 Å². The maximum atomic E-state index is 6.16. The number of fused-ring (bicyclic) bond motifs is 2. The summed E-state index contributed by atoms with van der Waals surface area (Å²) in [5, 5.41) is 2.24. The highest BCUT2D eigenvalue weighted by atomic mass is 16.5. The van der Waals surface area contributed by atoms with E-state index < -0.39 is 0 Å². The van der Waals surface area contributed by atoms with Gasteiger partial charge in [-0.2, -0.15) is 0 Å². The average molecular weight is 450 g/mol. The first-order chi connectivity index (χ1) is 16.8. The van der Waals surface area contributed by atoms with Crippen molar-refractivity contribution in [2.24, 2.45) is 0 Å². The quantitative estimate of drug-likeness (QED) is 0.199. The van der Waals surface area contributed by atoms with Crippen molar-refractivity contribution in [1.82, 2.24) is 4.98 Å². The number of oxazole rings is 1. The van der Waals surface area contributed by atoms with E-state index >= 15 is 0 Å². The van der Waals surface area contributed by atoms with Gasteiger partial charge in [-0.15, -0.1) is 0 Å². The zero-order chi connectivity index (χ0) is 23.2. The fraction of sp³-hybridized carbons (Fsp3) is 0.258. The minimum atomic E-state index is 0.645. The molecule has 34 heavy (non-hydrogen) atoms. The minimum Gasteiger partial charge on any atom is -0.494 e. The maximum absolute atomic E-state index is 6.16. The zero-order valence-electron chi connectivity index (χ0n) is 19.8. The Morgan fingerprint density at radius 1 is 0.735 bits per heavy atom. The van der Waals surface area contributed by atoms with E-state index in [0.717, 1.165) is 51.8 Å². The van der Waals surface area contributed by atoms with Gasteiger partial charge in [0.2, 0.25) is 5.89 Å². The van der Waals surface area contributed by atoms with Crippen molar-refractivity contribution in [3.8, 4) is 28.3 Å². The lowest BCUT2D eigenvalue weighted by Gasteiger charge is -2.09. The van der Waals surface area contributed by atoms with Crippen LogP contribution in [-0.2, 0) is 0 Å². The summed E-state index contributed by atoms with van der Waals surface area (Å²) in [6.45, 7) is 3.02. The van der Waals surface area contributed by atoms with Gasteiger partial charge in [0.1, 0.15) is 11.3 Å². The average Bonchev–Trinajstić information content (AvgIpc) is 3.31. The molecule has 5 aromatic rings. The Labute approximate surface area is 201 Å². The first-order valence-electron chi connectivity index (χ1n) is 12.4. The summed E-state index contributed by atoms with van der Waals surface area (Å²) in [7, 11) is 0. The molecule has 0 atom stereocenters. The first-order valence-corrected chi connectivity index (χ1v) is 12.4. The maximum Gasteiger partial charge on any atom is 0.227 e. The summed E-state index contributed by atoms with van der Waals surface area (Å²) in [5.74, 6) is 1.56. The molecule has 0 spiro atoms. The molecule has 0 bridgehead atoms. The van der Waals surface area contributed by atoms with E-state index in [4.69, 9.17) is 14.1 Å². The van der Waals surface area contributed by atoms with Gasteiger partial charge in [-0.05, 0) is 64.7 Å². The van der Waals surface area contributed by atoms with E-state index in [9.17, 15) is 0 Å². The molecule has 1 heterocycles. The molecule has 0 saturated heterocycles. The smallest absolute Gasteiger partial charge is 0.227 e. The summed E-state index contributed by atoms with van der Waals surface area (Å²) < 4.78 is 12.2. The molecule has 3 nitrogen and oxygen atoms in total. The van der Waals surface area contributed by atoms with Crippen molar-refractivity contribution < 1.29 is 9.15 Å². The Morgan fingerprint density at radius 2 is 1.59 bits per heavy atom. The molecule has 0 aliphatic heterocycles. The number of nitrogens with zero attached hydrogens (tertiary/aromatic N) is 1. The molecule has 0 aliphatic rings. The Kier molecular flexibility index (Phi) is 6.90. The molecule has 3 heteroatoms. The van der Waals surface area contributed by atoms with Crippen molar-refractivity contribution >= 4 is 21.9 Å². The topological polar surface area (TPSA) is 35.3 Å². The third-order valence-electron chi connectivity index (χ3n) is 6.34. The van der Waals surface area contributed by atoms with Gasteiger partial charge >= 0.3 is 0 Å². The second-order valence-electron chi connectivity index (χ2n) is 8.87. The Balaban J connectivity index is 1.34. The number of hydrogen-bond donors (Lipinski definition) is 0. The molecule has 0 N–H and O–H groups in total. The molecule has 0 fully saturated rings. The lowest BCUT2D eigenvalue weighted by molar-refractivity contribution is 0.305. The van der Waals surface area contributed by atoms with Gasteiger partial charge in [0.15, 0.2) is 5.58 Å². The van der Waals surface area contributed by atoms with Gasteiger partial charge in [-0.1, -0.05) is 87.6 Å². The highest BCUT2D eigenvalue weighted by molar-refractivity contribution is 5.96. The van der Waals surface area contributed by atoms with Crippen LogP contribution in [0.5, 0.6) is 5.75 Å². The van der Waals surface area contributed by atoms with E-state index in [1.165, 1.54) is 37.7 Å². The van der Waals surface area contributed by atoms with Crippen LogP contribution in [0.3, 0.4) is 0 Å². The van der Waals surface area contributed by atoms with E-state index in [-0.39, 0.29) is 0 Å². The molecule has 0 unspecified atom stereocenters. The predicted octanol–water partition coefficient (Wildman–Crippen LogP) is 9.05. The lowest BCUT2D eigenvalue weighted by Crippen LogP contribution is -1.97. The zero-order valence-corrected chi connectivity index (χ0v) is 19.8. The first kappa shape index (κ1) is 22.2. The lowest BCUT2D eigenvalue weighted by atomic mass is 10.0. The van der Waals surface area contributed by atoms with Crippen LogP contribution in [0.15, 0.2) is 89.3 Å². The molecular formula is C31H31NO2. The fourth-order valence-corrected chi connectivity index (χ4v) is 4.46. The molecule has 0 radical (unpaired) electrons. The van der Waals surface area contributed by atoms with Crippen LogP contribution in [0.1, 0.15) is 45.4 Å². The SMILES string of the molecule is CCCCCCCCOc1ccc2c(-c3nc4cc(-c5ccccc5)ccc4o3)cccc2c1. The largest absolute Gasteiger partial charge is 0.494 e. The monoisotopic (exact) mass is 449 g/mol. The number of benzene rings is 4. The van der Waals surface area contributed by atoms with Gasteiger partial charge in [0, 0.05) is 5.56 Å². The van der Waals surface area contributed by atoms with Gasteiger partial charge < -0.3 is 9.15 Å². The molecule has 5 rings (SSSR count). The summed E-state index contributed by atoms with van der Waals surface area (Å²) in [4.78, 5) is 4.84. The minimum absolute atomic E-state index is 0.645. The van der Waals surface area contributed by atoms with Crippen LogP contribution in [0.2, 0.25) is 0 Å². The molecule has 0 saturated carbocycles. The Hall–Kier alpha value is -3.59. The van der Waals surface area contributed by atoms with E-state index in [0.29, 0.717) is 5.89 Å². The van der Waals surface area contributed by atoms with E-state index in [1.54, 1.807) is 0 Å². The van der Waals surface area contributed by atoms with Crippen LogP contribution < -0.4 is 4.74 Å². The number of rotatable bonds is 10. The number of ether oxygens (including phenoxy) is 1. The van der Waals surface area contributed by atoms with Gasteiger partial charge in [-0.25, -0.2) is 4.98 Å². The molecule has 1 aromatic heterocycles. The number of unbranched alkanes of at least 4 members (excludes halogenated alkanes) is 5. The van der Waals surface area contributed by atoms with Crippen molar-refractivity contribution in [1.29, 1.82) is 0 Å². The second-order valence-corrected chi connectivity index (χ2v) is 8.87. The standard InChI is InChI=1S/C31H31NO2/c1-2-3-4-5-6-10-20-33-26-17-18-27-25(21-26)14-11-15-28(27)31-32-29-22-24(16-19-30(29)34-31)23-12-8-7-9-13-23/h7-9,11-19,21-22H,2-6,10,20H2,1H3. The third-order valence-corrected chi connectivity index (χ3v) is 6.34. The Morgan fingerprint density at radius 3 is 2.47 bits per heavy atom. The summed E-state index contributed by atoms with van der Waals surface area (Å²) in [5.41, 5.74) is 4.97. The molecule has 0 amide bonds. The van der Waals surface area contributed by atoms with Crippen molar-refractivity contribution in [3.05, 3.63) is 84.9 Å². The Bertz CT molecular complexity index is 1370. The van der Waals surface area contributed by atoms with Crippen molar-refractivity contribution in [2.75, 3.05) is 6.61 Å². The molecule has 4 aromatic carbocycles. The van der Waals surface area contributed by atoms with Gasteiger partial charge in [-0.3, -0.25) is 0 Å². The molecule has 172 valence electrons. The van der Waals surface area contributed by atoms with Crippen LogP contribution in [0.25, 0.3) is 44.5 Å². The van der Waals surface area contributed by atoms with E-state index in [2.05, 4.69) is 79.7 Å². The molecular weight excluding hydrogens is 418 g/mol. The van der Waals surface area contributed by atoms with Crippen LogP contribution in [0.4, 0.5) is 0 Å². The highest BCUT2D eigenvalue weighted by Crippen LogP contribution is 2.33. The normalized spacial score (nSPS) is 11.3. The van der Waals surface area contributed by atoms with Crippen molar-refractivity contribution in [3.63, 3.8) is 0 Å². The fourth-order valence-electron chi connectivity index (χ4n) is 4.46. The van der Waals surface area contributed by atoms with Crippen LogP contribution in [0, 0.1) is 0 Å². The third kappa shape index (κ3) is 4.99. The summed E-state index contributed by atoms with van der Waals surface area (Å²) >= 11 is 0. The number of hydrogen-bond acceptors (Lipinski definition) is 3. The summed E-state index contributed by atoms with van der Waals surface area (Å²) in [6, 6.07) is 29.1. The van der Waals surface area contributed by atoms with Crippen LogP contribution >= 0.6 is 0 Å². The highest BCUT2D eigenvalue weighted by Gasteiger charge is 2.13. The van der Waals surface area contributed by atoms with E-state index in [1.807, 2.05) is 12.1 Å². The predicted molar refractivity (Wildman–Crippen MR) is 141 cm³/mol. The molecule has 0 aliphatic carbocycles.